The highest BCUT2D eigenvalue weighted by molar-refractivity contribution is 5.89. The van der Waals surface area contributed by atoms with E-state index in [0.717, 1.165) is 34.0 Å². The van der Waals surface area contributed by atoms with Crippen LogP contribution < -0.4 is 5.32 Å². The van der Waals surface area contributed by atoms with E-state index in [1.165, 1.54) is 6.07 Å². The third-order valence-corrected chi connectivity index (χ3v) is 5.89. The number of carbonyl (C=O) groups is 1. The molecule has 7 heteroatoms. The summed E-state index contributed by atoms with van der Waals surface area (Å²) >= 11 is 0. The summed E-state index contributed by atoms with van der Waals surface area (Å²) in [6.45, 7) is 1.92. The van der Waals surface area contributed by atoms with Gasteiger partial charge in [0.25, 0.3) is 5.69 Å². The van der Waals surface area contributed by atoms with Crippen molar-refractivity contribution in [1.29, 1.82) is 0 Å². The number of carbonyl (C=O) groups excluding carboxylic acids is 1. The van der Waals surface area contributed by atoms with Gasteiger partial charge in [-0.25, -0.2) is 4.68 Å². The van der Waals surface area contributed by atoms with Gasteiger partial charge in [-0.1, -0.05) is 36.4 Å². The van der Waals surface area contributed by atoms with Gasteiger partial charge in [0, 0.05) is 35.7 Å². The molecule has 0 amide bonds. The van der Waals surface area contributed by atoms with Crippen LogP contribution in [-0.4, -0.2) is 20.5 Å². The Morgan fingerprint density at radius 3 is 2.70 bits per heavy atom. The lowest BCUT2D eigenvalue weighted by atomic mass is 9.71. The van der Waals surface area contributed by atoms with E-state index in [2.05, 4.69) is 11.4 Å². The van der Waals surface area contributed by atoms with Crippen LogP contribution in [0.4, 0.5) is 11.5 Å². The molecular weight excluding hydrogens is 380 g/mol. The van der Waals surface area contributed by atoms with E-state index >= 15 is 0 Å². The maximum absolute atomic E-state index is 13.0. The number of para-hydroxylation sites is 1. The van der Waals surface area contributed by atoms with Gasteiger partial charge < -0.3 is 5.32 Å². The number of ketones is 1. The number of rotatable bonds is 3. The third-order valence-electron chi connectivity index (χ3n) is 5.89. The topological polar surface area (TPSA) is 90.1 Å². The summed E-state index contributed by atoms with van der Waals surface area (Å²) in [6, 6.07) is 16.4. The van der Waals surface area contributed by atoms with E-state index in [4.69, 9.17) is 5.10 Å². The van der Waals surface area contributed by atoms with Crippen molar-refractivity contribution in [2.75, 3.05) is 5.32 Å². The van der Waals surface area contributed by atoms with E-state index in [1.54, 1.807) is 12.1 Å². The Morgan fingerprint density at radius 2 is 1.93 bits per heavy atom. The van der Waals surface area contributed by atoms with Crippen LogP contribution in [0.25, 0.3) is 5.69 Å². The van der Waals surface area contributed by atoms with Gasteiger partial charge in [0.05, 0.1) is 22.2 Å². The van der Waals surface area contributed by atoms with Gasteiger partial charge in [-0.15, -0.1) is 0 Å². The molecule has 1 aromatic heterocycles. The number of nitrogens with one attached hydrogen (secondary N) is 1. The lowest BCUT2D eigenvalue weighted by Gasteiger charge is -2.36. The van der Waals surface area contributed by atoms with Crippen LogP contribution in [0.2, 0.25) is 0 Å². The summed E-state index contributed by atoms with van der Waals surface area (Å²) in [5.74, 6) is 0.250. The van der Waals surface area contributed by atoms with Gasteiger partial charge in [-0.2, -0.15) is 5.10 Å². The number of allylic oxidation sites excluding steroid dienone is 2. The molecule has 0 unspecified atom stereocenters. The number of Topliss-reactive ketones (excluding diaryl/α,β-unsaturated/α-hetero) is 1. The van der Waals surface area contributed by atoms with Crippen LogP contribution in [0.5, 0.6) is 0 Å². The van der Waals surface area contributed by atoms with Crippen LogP contribution in [0.3, 0.4) is 0 Å². The number of anilines is 1. The van der Waals surface area contributed by atoms with Crippen molar-refractivity contribution in [3.05, 3.63) is 93.3 Å². The molecule has 150 valence electrons. The maximum Gasteiger partial charge on any atom is 0.269 e. The summed E-state index contributed by atoms with van der Waals surface area (Å²) in [4.78, 5) is 24.0. The molecule has 30 heavy (non-hydrogen) atoms. The zero-order valence-electron chi connectivity index (χ0n) is 16.4. The second-order valence-corrected chi connectivity index (χ2v) is 7.69. The Morgan fingerprint density at radius 1 is 1.13 bits per heavy atom. The fourth-order valence-corrected chi connectivity index (χ4v) is 4.60. The molecule has 0 fully saturated rings. The molecule has 2 heterocycles. The normalized spacial score (nSPS) is 20.0. The predicted octanol–water partition coefficient (Wildman–Crippen LogP) is 4.51. The van der Waals surface area contributed by atoms with Gasteiger partial charge in [0.15, 0.2) is 0 Å². The first-order chi connectivity index (χ1) is 14.5. The quantitative estimate of drug-likeness (QED) is 0.516. The zero-order chi connectivity index (χ0) is 20.8. The highest BCUT2D eigenvalue weighted by Gasteiger charge is 2.43. The fraction of sp³-hybridized carbons (Fsp3) is 0.217. The molecule has 5 rings (SSSR count). The highest BCUT2D eigenvalue weighted by Crippen LogP contribution is 2.48. The van der Waals surface area contributed by atoms with E-state index in [0.29, 0.717) is 12.8 Å². The van der Waals surface area contributed by atoms with Crippen LogP contribution in [0.1, 0.15) is 35.6 Å². The number of non-ortho nitro benzene ring substituents is 1. The molecule has 2 aromatic carbocycles. The first-order valence-electron chi connectivity index (χ1n) is 9.93. The molecule has 1 aliphatic heterocycles. The molecule has 3 aromatic rings. The van der Waals surface area contributed by atoms with Gasteiger partial charge in [-0.3, -0.25) is 14.9 Å². The molecule has 0 spiro atoms. The largest absolute Gasteiger partial charge is 0.343 e. The number of hydrogen-bond donors (Lipinski definition) is 1. The van der Waals surface area contributed by atoms with Crippen molar-refractivity contribution >= 4 is 17.3 Å². The molecule has 7 nitrogen and oxygen atoms in total. The van der Waals surface area contributed by atoms with Gasteiger partial charge in [-0.05, 0) is 31.0 Å². The molecule has 0 saturated carbocycles. The number of benzene rings is 2. The lowest BCUT2D eigenvalue weighted by molar-refractivity contribution is -0.384. The smallest absolute Gasteiger partial charge is 0.269 e. The molecule has 2 aliphatic rings. The highest BCUT2D eigenvalue weighted by atomic mass is 16.6. The average Bonchev–Trinajstić information content (AvgIpc) is 3.09. The Bertz CT molecular complexity index is 1200. The molecule has 0 radical (unpaired) electrons. The van der Waals surface area contributed by atoms with Crippen LogP contribution in [-0.2, 0) is 4.79 Å². The molecule has 0 bridgehead atoms. The minimum atomic E-state index is -0.398. The number of nitro groups is 1. The second kappa shape index (κ2) is 6.95. The fourth-order valence-electron chi connectivity index (χ4n) is 4.60. The predicted molar refractivity (Wildman–Crippen MR) is 113 cm³/mol. The van der Waals surface area contributed by atoms with Crippen LogP contribution >= 0.6 is 0 Å². The summed E-state index contributed by atoms with van der Waals surface area (Å²) in [5.41, 5.74) is 4.26. The second-order valence-electron chi connectivity index (χ2n) is 7.69. The monoisotopic (exact) mass is 400 g/mol. The Balaban J connectivity index is 1.75. The van der Waals surface area contributed by atoms with Crippen molar-refractivity contribution in [2.45, 2.75) is 25.7 Å². The Labute approximate surface area is 173 Å². The maximum atomic E-state index is 13.0. The minimum Gasteiger partial charge on any atom is -0.343 e. The van der Waals surface area contributed by atoms with Crippen molar-refractivity contribution in [3.63, 3.8) is 0 Å². The van der Waals surface area contributed by atoms with Crippen LogP contribution in [0, 0.1) is 23.0 Å². The number of nitrogens with zero attached hydrogens (tertiary/aromatic N) is 3. The zero-order valence-corrected chi connectivity index (χ0v) is 16.4. The first-order valence-corrected chi connectivity index (χ1v) is 9.93. The Kier molecular flexibility index (Phi) is 4.24. The minimum absolute atomic E-state index is 0.0227. The van der Waals surface area contributed by atoms with Crippen molar-refractivity contribution < 1.29 is 9.72 Å². The number of aryl methyl sites for hydroxylation is 1. The van der Waals surface area contributed by atoms with Crippen molar-refractivity contribution in [1.82, 2.24) is 9.78 Å². The number of aromatic nitrogens is 2. The molecule has 1 N–H and O–H groups in total. The van der Waals surface area contributed by atoms with Crippen molar-refractivity contribution in [2.24, 2.45) is 5.92 Å². The molecule has 0 saturated heterocycles. The Hall–Kier alpha value is -3.74. The standard InChI is InChI=1S/C23H20N4O3/c1-14-20-21(15-7-5-10-17(13-15)27(29)30)22-18(11-6-12-19(22)28)24-23(20)26(25-14)16-8-3-2-4-9-16/h2-5,7-11,13,21-22,24H,6,12H2,1H3/t21-,22-/m1/s1. The number of hydrogen-bond acceptors (Lipinski definition) is 5. The third kappa shape index (κ3) is 2.82. The number of nitro benzene ring substituents is 1. The molecule has 2 atom stereocenters. The van der Waals surface area contributed by atoms with E-state index in [-0.39, 0.29) is 23.3 Å². The lowest BCUT2D eigenvalue weighted by Crippen LogP contribution is -2.35. The van der Waals surface area contributed by atoms with E-state index < -0.39 is 4.92 Å². The number of fused-ring (bicyclic) bond motifs is 2. The van der Waals surface area contributed by atoms with Crippen molar-refractivity contribution in [3.8, 4) is 5.69 Å². The van der Waals surface area contributed by atoms with Gasteiger partial charge in [0.1, 0.15) is 11.6 Å². The van der Waals surface area contributed by atoms with E-state index in [9.17, 15) is 14.9 Å². The van der Waals surface area contributed by atoms with Gasteiger partial charge in [0.2, 0.25) is 0 Å². The first kappa shape index (κ1) is 18.3. The summed E-state index contributed by atoms with van der Waals surface area (Å²) in [5, 5.41) is 19.6. The van der Waals surface area contributed by atoms with Gasteiger partial charge >= 0.3 is 0 Å². The van der Waals surface area contributed by atoms with E-state index in [1.807, 2.05) is 48.0 Å². The summed E-state index contributed by atoms with van der Waals surface area (Å²) < 4.78 is 1.85. The van der Waals surface area contributed by atoms with Crippen LogP contribution in [0.15, 0.2) is 66.4 Å². The summed E-state index contributed by atoms with van der Waals surface area (Å²) in [6.07, 6.45) is 3.23. The SMILES string of the molecule is Cc1nn(-c2ccccc2)c2c1[C@@H](c1cccc([N+](=O)[O-])c1)[C@H]1C(=O)CCC=C1N2. The summed E-state index contributed by atoms with van der Waals surface area (Å²) in [7, 11) is 0. The molecule has 1 aliphatic carbocycles. The molecular formula is C23H20N4O3. The average molecular weight is 400 g/mol.